The molecule has 5 nitrogen and oxygen atoms in total. The predicted octanol–water partition coefficient (Wildman–Crippen LogP) is 1.84. The Morgan fingerprint density at radius 1 is 1.53 bits per heavy atom. The molecule has 0 fully saturated rings. The van der Waals surface area contributed by atoms with Crippen molar-refractivity contribution in [2.24, 2.45) is 0 Å². The van der Waals surface area contributed by atoms with Crippen LogP contribution in [0.1, 0.15) is 24.4 Å². The summed E-state index contributed by atoms with van der Waals surface area (Å²) < 4.78 is 13.0. The maximum absolute atomic E-state index is 13.0. The van der Waals surface area contributed by atoms with Crippen molar-refractivity contribution in [2.75, 3.05) is 0 Å². The summed E-state index contributed by atoms with van der Waals surface area (Å²) in [5.74, 6) is 0.158. The molecule has 1 atom stereocenters. The summed E-state index contributed by atoms with van der Waals surface area (Å²) in [5, 5.41) is 16.8. The normalized spacial score (nSPS) is 12.6. The fourth-order valence-electron chi connectivity index (χ4n) is 1.40. The van der Waals surface area contributed by atoms with Crippen LogP contribution in [0.25, 0.3) is 0 Å². The molecule has 0 aliphatic carbocycles. The van der Waals surface area contributed by atoms with Crippen LogP contribution in [0.5, 0.6) is 0 Å². The molecule has 1 aromatic heterocycles. The van der Waals surface area contributed by atoms with E-state index in [0.29, 0.717) is 12.4 Å². The van der Waals surface area contributed by atoms with Crippen molar-refractivity contribution in [2.45, 2.75) is 19.5 Å². The van der Waals surface area contributed by atoms with Gasteiger partial charge >= 0.3 is 0 Å². The molecular formula is C10H11ClFN5. The molecule has 2 aromatic rings. The Bertz CT molecular complexity index is 487. The highest BCUT2D eigenvalue weighted by Crippen LogP contribution is 2.20. The zero-order valence-corrected chi connectivity index (χ0v) is 9.87. The number of tetrazole rings is 1. The van der Waals surface area contributed by atoms with E-state index in [2.05, 4.69) is 25.9 Å². The number of halogens is 2. The number of hydrogen-bond donors (Lipinski definition) is 2. The Morgan fingerprint density at radius 2 is 2.35 bits per heavy atom. The third-order valence-electron chi connectivity index (χ3n) is 2.40. The third-order valence-corrected chi connectivity index (χ3v) is 2.69. The highest BCUT2D eigenvalue weighted by molar-refractivity contribution is 6.30. The molecule has 0 spiro atoms. The third kappa shape index (κ3) is 2.98. The molecule has 1 unspecified atom stereocenters. The summed E-state index contributed by atoms with van der Waals surface area (Å²) in [6.07, 6.45) is 0. The van der Waals surface area contributed by atoms with Crippen LogP contribution in [0.15, 0.2) is 18.2 Å². The van der Waals surface area contributed by atoms with Crippen LogP contribution in [0.3, 0.4) is 0 Å². The summed E-state index contributed by atoms with van der Waals surface area (Å²) in [6.45, 7) is 2.43. The van der Waals surface area contributed by atoms with Crippen molar-refractivity contribution in [1.82, 2.24) is 25.9 Å². The number of nitrogens with zero attached hydrogens (tertiary/aromatic N) is 3. The maximum atomic E-state index is 13.0. The molecular weight excluding hydrogens is 245 g/mol. The van der Waals surface area contributed by atoms with Gasteiger partial charge in [0.15, 0.2) is 5.82 Å². The van der Waals surface area contributed by atoms with Gasteiger partial charge in [0.2, 0.25) is 0 Å². The van der Waals surface area contributed by atoms with E-state index in [1.807, 2.05) is 6.92 Å². The first-order valence-electron chi connectivity index (χ1n) is 5.07. The number of hydrogen-bond acceptors (Lipinski definition) is 4. The van der Waals surface area contributed by atoms with Gasteiger partial charge in [0.05, 0.1) is 11.6 Å². The Kier molecular flexibility index (Phi) is 3.65. The fourth-order valence-corrected chi connectivity index (χ4v) is 1.59. The van der Waals surface area contributed by atoms with Crippen molar-refractivity contribution in [3.05, 3.63) is 40.4 Å². The monoisotopic (exact) mass is 255 g/mol. The van der Waals surface area contributed by atoms with Gasteiger partial charge in [-0.2, -0.15) is 5.21 Å². The van der Waals surface area contributed by atoms with Gasteiger partial charge in [-0.1, -0.05) is 22.9 Å². The SMILES string of the molecule is CC(NCc1nn[nH]n1)c1ccc(F)c(Cl)c1. The van der Waals surface area contributed by atoms with Crippen LogP contribution in [-0.4, -0.2) is 20.6 Å². The highest BCUT2D eigenvalue weighted by atomic mass is 35.5. The number of H-pyrrole nitrogens is 1. The van der Waals surface area contributed by atoms with Gasteiger partial charge in [-0.25, -0.2) is 4.39 Å². The molecule has 0 radical (unpaired) electrons. The molecule has 1 heterocycles. The number of rotatable bonds is 4. The molecule has 2 N–H and O–H groups in total. The molecule has 0 aliphatic heterocycles. The van der Waals surface area contributed by atoms with Crippen LogP contribution < -0.4 is 5.32 Å². The van der Waals surface area contributed by atoms with Gasteiger partial charge in [-0.3, -0.25) is 0 Å². The van der Waals surface area contributed by atoms with Gasteiger partial charge in [0.25, 0.3) is 0 Å². The summed E-state index contributed by atoms with van der Waals surface area (Å²) in [4.78, 5) is 0. The lowest BCUT2D eigenvalue weighted by Gasteiger charge is -2.13. The average Bonchev–Trinajstić information content (AvgIpc) is 2.82. The minimum atomic E-state index is -0.416. The molecule has 7 heteroatoms. The molecule has 17 heavy (non-hydrogen) atoms. The van der Waals surface area contributed by atoms with Crippen LogP contribution in [-0.2, 0) is 6.54 Å². The van der Waals surface area contributed by atoms with E-state index in [9.17, 15) is 4.39 Å². The number of benzene rings is 1. The fraction of sp³-hybridized carbons (Fsp3) is 0.300. The number of aromatic amines is 1. The standard InChI is InChI=1S/C10H11ClFN5/c1-6(13-5-10-14-16-17-15-10)7-2-3-9(12)8(11)4-7/h2-4,6,13H,5H2,1H3,(H,14,15,16,17). The summed E-state index contributed by atoms with van der Waals surface area (Å²) in [5.41, 5.74) is 0.903. The molecule has 0 amide bonds. The molecule has 0 bridgehead atoms. The Morgan fingerprint density at radius 3 is 3.00 bits per heavy atom. The molecule has 0 saturated heterocycles. The van der Waals surface area contributed by atoms with Gasteiger partial charge in [0, 0.05) is 6.04 Å². The zero-order valence-electron chi connectivity index (χ0n) is 9.11. The van der Waals surface area contributed by atoms with Crippen LogP contribution in [0.4, 0.5) is 4.39 Å². The van der Waals surface area contributed by atoms with Crippen LogP contribution >= 0.6 is 11.6 Å². The van der Waals surface area contributed by atoms with Crippen molar-refractivity contribution in [1.29, 1.82) is 0 Å². The topological polar surface area (TPSA) is 66.5 Å². The first-order chi connectivity index (χ1) is 8.16. The highest BCUT2D eigenvalue weighted by Gasteiger charge is 2.08. The molecule has 2 rings (SSSR count). The maximum Gasteiger partial charge on any atom is 0.188 e. The molecule has 1 aromatic carbocycles. The average molecular weight is 256 g/mol. The van der Waals surface area contributed by atoms with Gasteiger partial charge < -0.3 is 5.32 Å². The molecule has 0 aliphatic rings. The van der Waals surface area contributed by atoms with Gasteiger partial charge in [-0.15, -0.1) is 10.2 Å². The summed E-state index contributed by atoms with van der Waals surface area (Å²) >= 11 is 5.72. The summed E-state index contributed by atoms with van der Waals surface area (Å²) in [7, 11) is 0. The Balaban J connectivity index is 1.99. The largest absolute Gasteiger partial charge is 0.303 e. The smallest absolute Gasteiger partial charge is 0.188 e. The van der Waals surface area contributed by atoms with E-state index < -0.39 is 5.82 Å². The second kappa shape index (κ2) is 5.20. The lowest BCUT2D eigenvalue weighted by molar-refractivity contribution is 0.557. The second-order valence-corrected chi connectivity index (χ2v) is 4.01. The number of nitrogens with one attached hydrogen (secondary N) is 2. The van der Waals surface area contributed by atoms with Crippen LogP contribution in [0.2, 0.25) is 5.02 Å². The van der Waals surface area contributed by atoms with E-state index in [0.717, 1.165) is 5.56 Å². The van der Waals surface area contributed by atoms with Crippen molar-refractivity contribution < 1.29 is 4.39 Å². The first kappa shape index (κ1) is 11.9. The second-order valence-electron chi connectivity index (χ2n) is 3.60. The Hall–Kier alpha value is -1.53. The van der Waals surface area contributed by atoms with Gasteiger partial charge in [-0.05, 0) is 24.6 Å². The van der Waals surface area contributed by atoms with E-state index in [4.69, 9.17) is 11.6 Å². The minimum absolute atomic E-state index is 0.0200. The van der Waals surface area contributed by atoms with Crippen molar-refractivity contribution in [3.8, 4) is 0 Å². The van der Waals surface area contributed by atoms with E-state index in [-0.39, 0.29) is 11.1 Å². The molecule has 0 saturated carbocycles. The zero-order chi connectivity index (χ0) is 12.3. The van der Waals surface area contributed by atoms with E-state index >= 15 is 0 Å². The number of aromatic nitrogens is 4. The quantitative estimate of drug-likeness (QED) is 0.875. The van der Waals surface area contributed by atoms with Crippen molar-refractivity contribution >= 4 is 11.6 Å². The van der Waals surface area contributed by atoms with Gasteiger partial charge in [0.1, 0.15) is 5.82 Å². The van der Waals surface area contributed by atoms with Crippen LogP contribution in [0, 0.1) is 5.82 Å². The lowest BCUT2D eigenvalue weighted by atomic mass is 10.1. The molecule has 90 valence electrons. The minimum Gasteiger partial charge on any atom is -0.303 e. The summed E-state index contributed by atoms with van der Waals surface area (Å²) in [6, 6.07) is 4.66. The van der Waals surface area contributed by atoms with E-state index in [1.54, 1.807) is 12.1 Å². The lowest BCUT2D eigenvalue weighted by Crippen LogP contribution is -2.19. The predicted molar refractivity (Wildman–Crippen MR) is 60.8 cm³/mol. The Labute approximate surface area is 102 Å². The first-order valence-corrected chi connectivity index (χ1v) is 5.45. The van der Waals surface area contributed by atoms with Crippen molar-refractivity contribution in [3.63, 3.8) is 0 Å². The van der Waals surface area contributed by atoms with E-state index in [1.165, 1.54) is 6.07 Å².